The zero-order valence-electron chi connectivity index (χ0n) is 21.5. The minimum absolute atomic E-state index is 0.00471. The standard InChI is InChI=1S/C28H35N5O3/c1-19(2)25(32-26(35)21-10-12-22(13-11-21)28(3,4)5)27(36)29-17-20-8-6-9-23(16-20)31-24(34)18-33-15-7-14-30-33/h6-16,19,25H,17-18H2,1-5H3,(H,29,36)(H,31,34)(H,32,35). The van der Waals surface area contributed by atoms with Crippen molar-refractivity contribution in [1.82, 2.24) is 20.4 Å². The Morgan fingerprint density at radius 3 is 2.33 bits per heavy atom. The first-order chi connectivity index (χ1) is 17.0. The maximum Gasteiger partial charge on any atom is 0.251 e. The van der Waals surface area contributed by atoms with Gasteiger partial charge in [-0.25, -0.2) is 0 Å². The zero-order valence-corrected chi connectivity index (χ0v) is 21.5. The van der Waals surface area contributed by atoms with Gasteiger partial charge in [0.2, 0.25) is 11.8 Å². The molecule has 3 N–H and O–H groups in total. The zero-order chi connectivity index (χ0) is 26.3. The molecular formula is C28H35N5O3. The highest BCUT2D eigenvalue weighted by molar-refractivity contribution is 5.97. The first kappa shape index (κ1) is 26.7. The molecule has 3 amide bonds. The van der Waals surface area contributed by atoms with E-state index in [1.807, 2.05) is 38.1 Å². The second-order valence-corrected chi connectivity index (χ2v) is 10.2. The molecule has 3 rings (SSSR count). The van der Waals surface area contributed by atoms with E-state index in [0.29, 0.717) is 11.3 Å². The van der Waals surface area contributed by atoms with Crippen LogP contribution in [0, 0.1) is 5.92 Å². The highest BCUT2D eigenvalue weighted by atomic mass is 16.2. The third-order valence-corrected chi connectivity index (χ3v) is 5.79. The van der Waals surface area contributed by atoms with Gasteiger partial charge in [0.05, 0.1) is 0 Å². The lowest BCUT2D eigenvalue weighted by Gasteiger charge is -2.22. The van der Waals surface area contributed by atoms with Crippen LogP contribution in [0.2, 0.25) is 0 Å². The van der Waals surface area contributed by atoms with E-state index < -0.39 is 6.04 Å². The molecule has 0 aliphatic rings. The normalized spacial score (nSPS) is 12.2. The molecule has 190 valence electrons. The first-order valence-corrected chi connectivity index (χ1v) is 12.1. The predicted molar refractivity (Wildman–Crippen MR) is 140 cm³/mol. The van der Waals surface area contributed by atoms with E-state index in [4.69, 9.17) is 0 Å². The molecule has 0 radical (unpaired) electrons. The number of aromatic nitrogens is 2. The van der Waals surface area contributed by atoms with E-state index in [-0.39, 0.29) is 42.1 Å². The summed E-state index contributed by atoms with van der Waals surface area (Å²) in [5.74, 6) is -0.849. The van der Waals surface area contributed by atoms with Gasteiger partial charge in [0.25, 0.3) is 5.91 Å². The molecule has 1 unspecified atom stereocenters. The average molecular weight is 490 g/mol. The highest BCUT2D eigenvalue weighted by Gasteiger charge is 2.25. The lowest BCUT2D eigenvalue weighted by atomic mass is 9.86. The number of anilines is 1. The number of benzene rings is 2. The summed E-state index contributed by atoms with van der Waals surface area (Å²) in [7, 11) is 0. The molecule has 0 aliphatic carbocycles. The maximum atomic E-state index is 12.9. The van der Waals surface area contributed by atoms with Crippen LogP contribution in [0.3, 0.4) is 0 Å². The van der Waals surface area contributed by atoms with Gasteiger partial charge in [-0.05, 0) is 52.8 Å². The molecule has 0 bridgehead atoms. The number of amides is 3. The SMILES string of the molecule is CC(C)C(NC(=O)c1ccc(C(C)(C)C)cc1)C(=O)NCc1cccc(NC(=O)Cn2cccn2)c1. The summed E-state index contributed by atoms with van der Waals surface area (Å²) in [6.07, 6.45) is 3.34. The lowest BCUT2D eigenvalue weighted by molar-refractivity contribution is -0.124. The quantitative estimate of drug-likeness (QED) is 0.424. The minimum atomic E-state index is -0.684. The highest BCUT2D eigenvalue weighted by Crippen LogP contribution is 2.22. The van der Waals surface area contributed by atoms with Crippen LogP contribution < -0.4 is 16.0 Å². The number of nitrogens with zero attached hydrogens (tertiary/aromatic N) is 2. The fraction of sp³-hybridized carbons (Fsp3) is 0.357. The molecule has 1 aromatic heterocycles. The molecule has 0 fully saturated rings. The Hall–Kier alpha value is -3.94. The third-order valence-electron chi connectivity index (χ3n) is 5.79. The smallest absolute Gasteiger partial charge is 0.251 e. The van der Waals surface area contributed by atoms with Crippen molar-refractivity contribution in [3.63, 3.8) is 0 Å². The Morgan fingerprint density at radius 2 is 1.72 bits per heavy atom. The molecule has 36 heavy (non-hydrogen) atoms. The number of carbonyl (C=O) groups excluding carboxylic acids is 3. The van der Waals surface area contributed by atoms with Gasteiger partial charge in [0.1, 0.15) is 12.6 Å². The third kappa shape index (κ3) is 7.53. The number of hydrogen-bond donors (Lipinski definition) is 3. The van der Waals surface area contributed by atoms with Crippen LogP contribution in [0.1, 0.15) is 56.1 Å². The summed E-state index contributed by atoms with van der Waals surface area (Å²) in [4.78, 5) is 38.0. The van der Waals surface area contributed by atoms with Crippen LogP contribution in [0.15, 0.2) is 67.0 Å². The van der Waals surface area contributed by atoms with Gasteiger partial charge in [-0.15, -0.1) is 0 Å². The van der Waals surface area contributed by atoms with Crippen molar-refractivity contribution >= 4 is 23.4 Å². The number of nitrogens with one attached hydrogen (secondary N) is 3. The molecule has 0 saturated heterocycles. The van der Waals surface area contributed by atoms with E-state index in [9.17, 15) is 14.4 Å². The van der Waals surface area contributed by atoms with Crippen molar-refractivity contribution in [3.05, 3.63) is 83.7 Å². The molecule has 8 nitrogen and oxygen atoms in total. The summed E-state index contributed by atoms with van der Waals surface area (Å²) >= 11 is 0. The monoisotopic (exact) mass is 489 g/mol. The molecule has 8 heteroatoms. The largest absolute Gasteiger partial charge is 0.350 e. The number of rotatable bonds is 9. The molecule has 0 spiro atoms. The van der Waals surface area contributed by atoms with E-state index in [1.165, 1.54) is 0 Å². The lowest BCUT2D eigenvalue weighted by Crippen LogP contribution is -2.49. The second kappa shape index (κ2) is 11.7. The van der Waals surface area contributed by atoms with Gasteiger partial charge < -0.3 is 16.0 Å². The summed E-state index contributed by atoms with van der Waals surface area (Å²) in [5.41, 5.74) is 3.10. The Labute approximate surface area is 212 Å². The van der Waals surface area contributed by atoms with Crippen LogP contribution in [0.4, 0.5) is 5.69 Å². The molecule has 3 aromatic rings. The van der Waals surface area contributed by atoms with E-state index in [0.717, 1.165) is 11.1 Å². The summed E-state index contributed by atoms with van der Waals surface area (Å²) in [6.45, 7) is 10.5. The van der Waals surface area contributed by atoms with Crippen molar-refractivity contribution in [2.75, 3.05) is 5.32 Å². The molecule has 1 atom stereocenters. The van der Waals surface area contributed by atoms with Gasteiger partial charge in [0, 0.05) is 30.2 Å². The minimum Gasteiger partial charge on any atom is -0.350 e. The Balaban J connectivity index is 1.57. The fourth-order valence-electron chi connectivity index (χ4n) is 3.68. The summed E-state index contributed by atoms with van der Waals surface area (Å²) in [6, 6.07) is 15.8. The second-order valence-electron chi connectivity index (χ2n) is 10.2. The maximum absolute atomic E-state index is 12.9. The van der Waals surface area contributed by atoms with Gasteiger partial charge >= 0.3 is 0 Å². The van der Waals surface area contributed by atoms with E-state index in [1.54, 1.807) is 47.4 Å². The van der Waals surface area contributed by atoms with Gasteiger partial charge in [-0.2, -0.15) is 5.10 Å². The summed E-state index contributed by atoms with van der Waals surface area (Å²) in [5, 5.41) is 12.6. The molecular weight excluding hydrogens is 454 g/mol. The average Bonchev–Trinajstić information content (AvgIpc) is 3.33. The Bertz CT molecular complexity index is 1180. The van der Waals surface area contributed by atoms with Crippen molar-refractivity contribution in [2.24, 2.45) is 5.92 Å². The van der Waals surface area contributed by atoms with Crippen LogP contribution in [-0.4, -0.2) is 33.5 Å². The number of carbonyl (C=O) groups is 3. The molecule has 0 aliphatic heterocycles. The van der Waals surface area contributed by atoms with E-state index in [2.05, 4.69) is 41.8 Å². The Morgan fingerprint density at radius 1 is 1.00 bits per heavy atom. The van der Waals surface area contributed by atoms with Gasteiger partial charge in [0.15, 0.2) is 0 Å². The van der Waals surface area contributed by atoms with Gasteiger partial charge in [-0.3, -0.25) is 19.1 Å². The predicted octanol–water partition coefficient (Wildman–Crippen LogP) is 3.89. The number of hydrogen-bond acceptors (Lipinski definition) is 4. The topological polar surface area (TPSA) is 105 Å². The van der Waals surface area contributed by atoms with Crippen LogP contribution >= 0.6 is 0 Å². The van der Waals surface area contributed by atoms with Crippen LogP contribution in [0.5, 0.6) is 0 Å². The van der Waals surface area contributed by atoms with Crippen molar-refractivity contribution in [2.45, 2.75) is 59.2 Å². The molecule has 1 heterocycles. The fourth-order valence-corrected chi connectivity index (χ4v) is 3.68. The van der Waals surface area contributed by atoms with Crippen LogP contribution in [-0.2, 0) is 28.1 Å². The van der Waals surface area contributed by atoms with Crippen molar-refractivity contribution in [1.29, 1.82) is 0 Å². The van der Waals surface area contributed by atoms with Crippen molar-refractivity contribution in [3.8, 4) is 0 Å². The summed E-state index contributed by atoms with van der Waals surface area (Å²) < 4.78 is 1.54. The molecule has 2 aromatic carbocycles. The van der Waals surface area contributed by atoms with E-state index >= 15 is 0 Å². The molecule has 0 saturated carbocycles. The van der Waals surface area contributed by atoms with Crippen LogP contribution in [0.25, 0.3) is 0 Å². The van der Waals surface area contributed by atoms with Gasteiger partial charge in [-0.1, -0.05) is 58.9 Å². The Kier molecular flexibility index (Phi) is 8.64. The first-order valence-electron chi connectivity index (χ1n) is 12.1. The van der Waals surface area contributed by atoms with Crippen molar-refractivity contribution < 1.29 is 14.4 Å².